The average Bonchev–Trinajstić information content (AvgIpc) is 2.48. The molecule has 2 aromatic carbocycles. The van der Waals surface area contributed by atoms with E-state index < -0.39 is 11.9 Å². The van der Waals surface area contributed by atoms with Gasteiger partial charge in [-0.2, -0.15) is 0 Å². The highest BCUT2D eigenvalue weighted by molar-refractivity contribution is 6.32. The third-order valence-corrected chi connectivity index (χ3v) is 3.35. The second kappa shape index (κ2) is 7.50. The lowest BCUT2D eigenvalue weighted by Gasteiger charge is -2.15. The van der Waals surface area contributed by atoms with Crippen molar-refractivity contribution < 1.29 is 14.2 Å². The third kappa shape index (κ3) is 4.49. The van der Waals surface area contributed by atoms with Gasteiger partial charge in [0.25, 0.3) is 0 Å². The lowest BCUT2D eigenvalue weighted by atomic mass is 10.3. The number of para-hydroxylation sites is 1. The summed E-state index contributed by atoms with van der Waals surface area (Å²) in [6, 6.07) is 11.6. The standard InChI is InChI=1S/C15H14Cl2FNO2/c16-11-4-1-2-7-14(11)21-9-10(20)8-19-13-6-3-5-12(17)15(13)18/h1-7,10,19-20H,8-9H2. The fourth-order valence-electron chi connectivity index (χ4n) is 1.67. The number of halogens is 3. The van der Waals surface area contributed by atoms with Crippen molar-refractivity contribution in [2.24, 2.45) is 0 Å². The highest BCUT2D eigenvalue weighted by Crippen LogP contribution is 2.24. The SMILES string of the molecule is OC(CNc1cccc(Cl)c1F)COc1ccccc1Cl. The van der Waals surface area contributed by atoms with Crippen molar-refractivity contribution in [1.82, 2.24) is 0 Å². The van der Waals surface area contributed by atoms with E-state index in [1.54, 1.807) is 36.4 Å². The number of hydrogen-bond donors (Lipinski definition) is 2. The Hall–Kier alpha value is -1.49. The molecule has 0 radical (unpaired) electrons. The van der Waals surface area contributed by atoms with E-state index in [1.807, 2.05) is 0 Å². The van der Waals surface area contributed by atoms with Crippen molar-refractivity contribution in [3.8, 4) is 5.75 Å². The molecule has 2 rings (SSSR count). The summed E-state index contributed by atoms with van der Waals surface area (Å²) in [4.78, 5) is 0. The van der Waals surface area contributed by atoms with Crippen LogP contribution in [0.4, 0.5) is 10.1 Å². The lowest BCUT2D eigenvalue weighted by Crippen LogP contribution is -2.26. The smallest absolute Gasteiger partial charge is 0.164 e. The number of aliphatic hydroxyl groups excluding tert-OH is 1. The number of anilines is 1. The van der Waals surface area contributed by atoms with Gasteiger partial charge in [-0.3, -0.25) is 0 Å². The second-order valence-corrected chi connectivity index (χ2v) is 5.19. The molecule has 0 heterocycles. The number of hydrogen-bond acceptors (Lipinski definition) is 3. The molecule has 0 aliphatic heterocycles. The maximum Gasteiger partial charge on any atom is 0.164 e. The van der Waals surface area contributed by atoms with Crippen molar-refractivity contribution in [3.05, 3.63) is 58.3 Å². The molecule has 2 N–H and O–H groups in total. The molecule has 0 spiro atoms. The van der Waals surface area contributed by atoms with Crippen LogP contribution >= 0.6 is 23.2 Å². The van der Waals surface area contributed by atoms with E-state index >= 15 is 0 Å². The highest BCUT2D eigenvalue weighted by Gasteiger charge is 2.10. The number of ether oxygens (including phenoxy) is 1. The van der Waals surface area contributed by atoms with Gasteiger partial charge in [0.15, 0.2) is 5.82 Å². The average molecular weight is 330 g/mol. The molecule has 0 amide bonds. The third-order valence-electron chi connectivity index (χ3n) is 2.75. The predicted molar refractivity (Wildman–Crippen MR) is 82.9 cm³/mol. The Kier molecular flexibility index (Phi) is 5.67. The van der Waals surface area contributed by atoms with Crippen molar-refractivity contribution in [2.75, 3.05) is 18.5 Å². The Morgan fingerprint density at radius 1 is 1.10 bits per heavy atom. The highest BCUT2D eigenvalue weighted by atomic mass is 35.5. The minimum absolute atomic E-state index is 0.0295. The molecule has 0 saturated heterocycles. The largest absolute Gasteiger partial charge is 0.489 e. The summed E-state index contributed by atoms with van der Waals surface area (Å²) in [5.41, 5.74) is 0.235. The van der Waals surface area contributed by atoms with E-state index in [1.165, 1.54) is 6.07 Å². The van der Waals surface area contributed by atoms with E-state index in [4.69, 9.17) is 27.9 Å². The Morgan fingerprint density at radius 2 is 1.81 bits per heavy atom. The maximum absolute atomic E-state index is 13.6. The van der Waals surface area contributed by atoms with Gasteiger partial charge in [0, 0.05) is 6.54 Å². The molecule has 0 bridgehead atoms. The summed E-state index contributed by atoms with van der Waals surface area (Å²) in [7, 11) is 0. The van der Waals surface area contributed by atoms with Gasteiger partial charge in [-0.1, -0.05) is 41.4 Å². The second-order valence-electron chi connectivity index (χ2n) is 4.38. The van der Waals surface area contributed by atoms with Crippen LogP contribution < -0.4 is 10.1 Å². The molecule has 0 fully saturated rings. The molecular formula is C15H14Cl2FNO2. The van der Waals surface area contributed by atoms with E-state index in [0.717, 1.165) is 0 Å². The molecule has 112 valence electrons. The van der Waals surface area contributed by atoms with Crippen LogP contribution in [-0.4, -0.2) is 24.4 Å². The quantitative estimate of drug-likeness (QED) is 0.842. The van der Waals surface area contributed by atoms with Gasteiger partial charge in [0.05, 0.1) is 15.7 Å². The van der Waals surface area contributed by atoms with Gasteiger partial charge < -0.3 is 15.2 Å². The minimum atomic E-state index is -0.820. The van der Waals surface area contributed by atoms with Crippen molar-refractivity contribution in [3.63, 3.8) is 0 Å². The predicted octanol–water partition coefficient (Wildman–Crippen LogP) is 3.98. The first-order valence-electron chi connectivity index (χ1n) is 6.31. The summed E-state index contributed by atoms with van der Waals surface area (Å²) >= 11 is 11.6. The molecule has 21 heavy (non-hydrogen) atoms. The molecule has 0 aromatic heterocycles. The topological polar surface area (TPSA) is 41.5 Å². The van der Waals surface area contributed by atoms with Gasteiger partial charge in [-0.15, -0.1) is 0 Å². The monoisotopic (exact) mass is 329 g/mol. The van der Waals surface area contributed by atoms with Gasteiger partial charge in [0.1, 0.15) is 18.5 Å². The lowest BCUT2D eigenvalue weighted by molar-refractivity contribution is 0.117. The van der Waals surface area contributed by atoms with Crippen LogP contribution in [-0.2, 0) is 0 Å². The molecule has 0 aliphatic rings. The summed E-state index contributed by atoms with van der Waals surface area (Å²) in [5.74, 6) is -0.0504. The maximum atomic E-state index is 13.6. The minimum Gasteiger partial charge on any atom is -0.489 e. The van der Waals surface area contributed by atoms with Gasteiger partial charge in [-0.25, -0.2) is 4.39 Å². The molecule has 0 saturated carbocycles. The molecule has 3 nitrogen and oxygen atoms in total. The molecule has 0 aliphatic carbocycles. The van der Waals surface area contributed by atoms with E-state index in [-0.39, 0.29) is 23.9 Å². The molecule has 1 atom stereocenters. The van der Waals surface area contributed by atoms with Crippen LogP contribution in [0.3, 0.4) is 0 Å². The van der Waals surface area contributed by atoms with Crippen molar-refractivity contribution in [2.45, 2.75) is 6.10 Å². The molecule has 1 unspecified atom stereocenters. The zero-order valence-corrected chi connectivity index (χ0v) is 12.5. The Bertz CT molecular complexity index is 610. The zero-order chi connectivity index (χ0) is 15.2. The molecule has 6 heteroatoms. The van der Waals surface area contributed by atoms with Crippen LogP contribution in [0.5, 0.6) is 5.75 Å². The van der Waals surface area contributed by atoms with Crippen LogP contribution in [0, 0.1) is 5.82 Å². The Morgan fingerprint density at radius 3 is 2.57 bits per heavy atom. The molecular weight excluding hydrogens is 316 g/mol. The number of nitrogens with one attached hydrogen (secondary N) is 1. The summed E-state index contributed by atoms with van der Waals surface area (Å²) in [5, 5.41) is 13.1. The Labute approximate surface area is 132 Å². The summed E-state index contributed by atoms with van der Waals surface area (Å²) in [6.45, 7) is 0.167. The van der Waals surface area contributed by atoms with E-state index in [2.05, 4.69) is 5.32 Å². The number of aliphatic hydroxyl groups is 1. The van der Waals surface area contributed by atoms with Crippen LogP contribution in [0.1, 0.15) is 0 Å². The van der Waals surface area contributed by atoms with Crippen LogP contribution in [0.25, 0.3) is 0 Å². The fourth-order valence-corrected chi connectivity index (χ4v) is 2.04. The first-order valence-corrected chi connectivity index (χ1v) is 7.07. The van der Waals surface area contributed by atoms with Crippen molar-refractivity contribution >= 4 is 28.9 Å². The van der Waals surface area contributed by atoms with Crippen LogP contribution in [0.15, 0.2) is 42.5 Å². The van der Waals surface area contributed by atoms with E-state index in [9.17, 15) is 9.50 Å². The first kappa shape index (κ1) is 15.9. The summed E-state index contributed by atoms with van der Waals surface area (Å²) < 4.78 is 19.0. The van der Waals surface area contributed by atoms with Gasteiger partial charge >= 0.3 is 0 Å². The van der Waals surface area contributed by atoms with Crippen molar-refractivity contribution in [1.29, 1.82) is 0 Å². The first-order chi connectivity index (χ1) is 10.1. The number of rotatable bonds is 6. The van der Waals surface area contributed by atoms with Crippen LogP contribution in [0.2, 0.25) is 10.0 Å². The number of benzene rings is 2. The normalized spacial score (nSPS) is 12.0. The van der Waals surface area contributed by atoms with E-state index in [0.29, 0.717) is 10.8 Å². The van der Waals surface area contributed by atoms with Gasteiger partial charge in [0.2, 0.25) is 0 Å². The summed E-state index contributed by atoms with van der Waals surface area (Å²) in [6.07, 6.45) is -0.820. The molecule has 2 aromatic rings. The zero-order valence-electron chi connectivity index (χ0n) is 11.0. The fraction of sp³-hybridized carbons (Fsp3) is 0.200. The van der Waals surface area contributed by atoms with Gasteiger partial charge in [-0.05, 0) is 24.3 Å². The Balaban J connectivity index is 1.84.